The Morgan fingerprint density at radius 3 is 2.65 bits per heavy atom. The van der Waals surface area contributed by atoms with Crippen molar-refractivity contribution in [3.63, 3.8) is 0 Å². The molecule has 0 atom stereocenters. The smallest absolute Gasteiger partial charge is 0.293 e. The van der Waals surface area contributed by atoms with Gasteiger partial charge >= 0.3 is 0 Å². The first-order valence-corrected chi connectivity index (χ1v) is 9.63. The average Bonchev–Trinajstić information content (AvgIpc) is 3.46. The maximum atomic E-state index is 12.2. The molecule has 6 nitrogen and oxygen atoms in total. The maximum Gasteiger partial charge on any atom is 0.293 e. The number of nitrogens with zero attached hydrogens (tertiary/aromatic N) is 1. The van der Waals surface area contributed by atoms with Crippen molar-refractivity contribution < 1.29 is 9.72 Å². The molecule has 1 aliphatic rings. The molecule has 0 aliphatic heterocycles. The summed E-state index contributed by atoms with van der Waals surface area (Å²) in [4.78, 5) is 24.3. The predicted molar refractivity (Wildman–Crippen MR) is 104 cm³/mol. The summed E-state index contributed by atoms with van der Waals surface area (Å²) in [5.41, 5.74) is 0.742. The number of nitrogens with one attached hydrogen (secondary N) is 2. The van der Waals surface area contributed by atoms with Crippen LogP contribution >= 0.6 is 11.8 Å². The van der Waals surface area contributed by atoms with Crippen molar-refractivity contribution in [2.45, 2.75) is 30.2 Å². The number of amides is 1. The van der Waals surface area contributed by atoms with Crippen LogP contribution in [0.2, 0.25) is 0 Å². The Hall–Kier alpha value is -2.54. The molecule has 1 saturated carbocycles. The van der Waals surface area contributed by atoms with Crippen LogP contribution in [-0.4, -0.2) is 29.2 Å². The van der Waals surface area contributed by atoms with Gasteiger partial charge in [0.2, 0.25) is 0 Å². The minimum absolute atomic E-state index is 0.0517. The van der Waals surface area contributed by atoms with E-state index in [-0.39, 0.29) is 11.6 Å². The zero-order chi connectivity index (χ0) is 18.4. The van der Waals surface area contributed by atoms with Gasteiger partial charge < -0.3 is 10.6 Å². The van der Waals surface area contributed by atoms with Crippen LogP contribution in [0.4, 0.5) is 11.4 Å². The SMILES string of the molecule is O=C(NCCCSc1ccccc1)c1ccc(NC2CC2)c([N+](=O)[O-])c1. The molecule has 0 heterocycles. The molecule has 0 bridgehead atoms. The van der Waals surface area contributed by atoms with E-state index < -0.39 is 4.92 Å². The molecule has 2 N–H and O–H groups in total. The first kappa shape index (κ1) is 18.3. The van der Waals surface area contributed by atoms with E-state index in [1.165, 1.54) is 11.0 Å². The molecule has 1 fully saturated rings. The molecule has 0 aromatic heterocycles. The summed E-state index contributed by atoms with van der Waals surface area (Å²) in [5.74, 6) is 0.616. The second kappa shape index (κ2) is 8.71. The third-order valence-corrected chi connectivity index (χ3v) is 5.11. The van der Waals surface area contributed by atoms with Crippen LogP contribution in [0.1, 0.15) is 29.6 Å². The molecule has 1 aliphatic carbocycles. The Morgan fingerprint density at radius 1 is 1.19 bits per heavy atom. The van der Waals surface area contributed by atoms with E-state index in [0.717, 1.165) is 25.0 Å². The highest BCUT2D eigenvalue weighted by Crippen LogP contribution is 2.31. The minimum atomic E-state index is -0.446. The van der Waals surface area contributed by atoms with Crippen molar-refractivity contribution in [3.05, 3.63) is 64.2 Å². The van der Waals surface area contributed by atoms with Crippen LogP contribution in [0, 0.1) is 10.1 Å². The summed E-state index contributed by atoms with van der Waals surface area (Å²) in [6.45, 7) is 0.536. The molecular weight excluding hydrogens is 350 g/mol. The quantitative estimate of drug-likeness (QED) is 0.300. The topological polar surface area (TPSA) is 84.3 Å². The van der Waals surface area contributed by atoms with Gasteiger partial charge in [-0.2, -0.15) is 0 Å². The third-order valence-electron chi connectivity index (χ3n) is 4.01. The van der Waals surface area contributed by atoms with Crippen molar-refractivity contribution in [1.29, 1.82) is 0 Å². The number of nitro benzene ring substituents is 1. The third kappa shape index (κ3) is 5.23. The summed E-state index contributed by atoms with van der Waals surface area (Å²) in [6.07, 6.45) is 2.88. The summed E-state index contributed by atoms with van der Waals surface area (Å²) < 4.78 is 0. The number of hydrogen-bond acceptors (Lipinski definition) is 5. The largest absolute Gasteiger partial charge is 0.377 e. The minimum Gasteiger partial charge on any atom is -0.377 e. The molecular formula is C19H21N3O3S. The van der Waals surface area contributed by atoms with Gasteiger partial charge in [-0.1, -0.05) is 18.2 Å². The van der Waals surface area contributed by atoms with Gasteiger partial charge in [0.05, 0.1) is 4.92 Å². The predicted octanol–water partition coefficient (Wildman–Crippen LogP) is 4.08. The summed E-state index contributed by atoms with van der Waals surface area (Å²) in [6, 6.07) is 15.0. The van der Waals surface area contributed by atoms with Gasteiger partial charge in [0.1, 0.15) is 5.69 Å². The van der Waals surface area contributed by atoms with E-state index in [4.69, 9.17) is 0 Å². The van der Waals surface area contributed by atoms with E-state index in [9.17, 15) is 14.9 Å². The Bertz CT molecular complexity index is 779. The van der Waals surface area contributed by atoms with E-state index >= 15 is 0 Å². The van der Waals surface area contributed by atoms with Crippen LogP contribution in [0.3, 0.4) is 0 Å². The van der Waals surface area contributed by atoms with Crippen molar-refractivity contribution in [3.8, 4) is 0 Å². The molecule has 136 valence electrons. The van der Waals surface area contributed by atoms with E-state index in [1.807, 2.05) is 18.2 Å². The molecule has 0 saturated heterocycles. The lowest BCUT2D eigenvalue weighted by Crippen LogP contribution is -2.25. The second-order valence-corrected chi connectivity index (χ2v) is 7.35. The lowest BCUT2D eigenvalue weighted by Gasteiger charge is -2.08. The molecule has 1 amide bonds. The molecule has 26 heavy (non-hydrogen) atoms. The fraction of sp³-hybridized carbons (Fsp3) is 0.316. The Balaban J connectivity index is 1.49. The number of benzene rings is 2. The molecule has 2 aromatic carbocycles. The lowest BCUT2D eigenvalue weighted by molar-refractivity contribution is -0.384. The molecule has 0 unspecified atom stereocenters. The van der Waals surface area contributed by atoms with E-state index in [2.05, 4.69) is 22.8 Å². The lowest BCUT2D eigenvalue weighted by atomic mass is 10.1. The number of rotatable bonds is 9. The van der Waals surface area contributed by atoms with E-state index in [1.54, 1.807) is 23.9 Å². The Kier molecular flexibility index (Phi) is 6.12. The van der Waals surface area contributed by atoms with Crippen LogP contribution in [-0.2, 0) is 0 Å². The van der Waals surface area contributed by atoms with Gasteiger partial charge in [-0.25, -0.2) is 0 Å². The number of nitro groups is 1. The number of hydrogen-bond donors (Lipinski definition) is 2. The molecule has 0 radical (unpaired) electrons. The second-order valence-electron chi connectivity index (χ2n) is 6.18. The number of anilines is 1. The van der Waals surface area contributed by atoms with Crippen LogP contribution in [0.25, 0.3) is 0 Å². The van der Waals surface area contributed by atoms with Crippen LogP contribution in [0.15, 0.2) is 53.4 Å². The summed E-state index contributed by atoms with van der Waals surface area (Å²) in [5, 5.41) is 17.2. The Labute approximate surface area is 156 Å². The van der Waals surface area contributed by atoms with Crippen LogP contribution < -0.4 is 10.6 Å². The Morgan fingerprint density at radius 2 is 1.96 bits per heavy atom. The number of thioether (sulfide) groups is 1. The zero-order valence-corrected chi connectivity index (χ0v) is 15.1. The first-order chi connectivity index (χ1) is 12.6. The molecule has 0 spiro atoms. The zero-order valence-electron chi connectivity index (χ0n) is 14.3. The van der Waals surface area contributed by atoms with Gasteiger partial charge in [-0.3, -0.25) is 14.9 Å². The van der Waals surface area contributed by atoms with E-state index in [0.29, 0.717) is 23.8 Å². The van der Waals surface area contributed by atoms with Crippen molar-refractivity contribution in [2.75, 3.05) is 17.6 Å². The summed E-state index contributed by atoms with van der Waals surface area (Å²) >= 11 is 1.74. The normalized spacial score (nSPS) is 13.2. The number of carbonyl (C=O) groups is 1. The van der Waals surface area contributed by atoms with Crippen molar-refractivity contribution in [2.24, 2.45) is 0 Å². The maximum absolute atomic E-state index is 12.2. The first-order valence-electron chi connectivity index (χ1n) is 8.64. The van der Waals surface area contributed by atoms with Crippen molar-refractivity contribution in [1.82, 2.24) is 5.32 Å². The summed E-state index contributed by atoms with van der Waals surface area (Å²) in [7, 11) is 0. The fourth-order valence-electron chi connectivity index (χ4n) is 2.48. The average molecular weight is 371 g/mol. The van der Waals surface area contributed by atoms with Crippen molar-refractivity contribution >= 4 is 29.0 Å². The monoisotopic (exact) mass is 371 g/mol. The van der Waals surface area contributed by atoms with Gasteiger partial charge in [0.25, 0.3) is 11.6 Å². The van der Waals surface area contributed by atoms with Gasteiger partial charge in [-0.15, -0.1) is 11.8 Å². The fourth-order valence-corrected chi connectivity index (χ4v) is 3.35. The standard InChI is InChI=1S/C19H21N3O3S/c23-19(20-11-4-12-26-16-5-2-1-3-6-16)14-7-10-17(21-15-8-9-15)18(13-14)22(24)25/h1-3,5-7,10,13,15,21H,4,8-9,11-12H2,(H,20,23). The highest BCUT2D eigenvalue weighted by atomic mass is 32.2. The molecule has 3 rings (SSSR count). The number of carbonyl (C=O) groups excluding carboxylic acids is 1. The van der Waals surface area contributed by atoms with Gasteiger partial charge in [0, 0.05) is 29.1 Å². The van der Waals surface area contributed by atoms with Gasteiger partial charge in [-0.05, 0) is 49.3 Å². The molecule has 7 heteroatoms. The van der Waals surface area contributed by atoms with Gasteiger partial charge in [0.15, 0.2) is 0 Å². The molecule has 2 aromatic rings. The highest BCUT2D eigenvalue weighted by molar-refractivity contribution is 7.99. The highest BCUT2D eigenvalue weighted by Gasteiger charge is 2.25. The van der Waals surface area contributed by atoms with Crippen LogP contribution in [0.5, 0.6) is 0 Å².